The summed E-state index contributed by atoms with van der Waals surface area (Å²) in [5.74, 6) is 0.470. The summed E-state index contributed by atoms with van der Waals surface area (Å²) in [5.41, 5.74) is 1.71. The molecule has 0 fully saturated rings. The topological polar surface area (TPSA) is 64.9 Å². The van der Waals surface area contributed by atoms with Crippen molar-refractivity contribution in [2.75, 3.05) is 7.05 Å². The highest BCUT2D eigenvalue weighted by atomic mass is 16.2. The molecule has 0 aliphatic heterocycles. The van der Waals surface area contributed by atoms with Crippen LogP contribution >= 0.6 is 0 Å². The van der Waals surface area contributed by atoms with Crippen molar-refractivity contribution in [2.45, 2.75) is 32.9 Å². The fourth-order valence-corrected chi connectivity index (χ4v) is 1.87. The van der Waals surface area contributed by atoms with Crippen LogP contribution in [-0.2, 0) is 11.3 Å². The number of likely N-dealkylation sites (N-methyl/N-ethyl adjacent to an activating group) is 1. The highest BCUT2D eigenvalue weighted by Gasteiger charge is 2.17. The number of carbonyl (C=O) groups excluding carboxylic acids is 1. The number of nitrogens with one attached hydrogen (secondary N) is 2. The van der Waals surface area contributed by atoms with Gasteiger partial charge in [-0.2, -0.15) is 5.26 Å². The van der Waals surface area contributed by atoms with E-state index in [2.05, 4.69) is 30.6 Å². The zero-order valence-corrected chi connectivity index (χ0v) is 11.7. The number of amides is 1. The number of benzene rings is 1. The Labute approximate surface area is 114 Å². The molecule has 0 heterocycles. The Balaban J connectivity index is 2.59. The first-order valence-electron chi connectivity index (χ1n) is 6.50. The molecule has 1 amide bonds. The highest BCUT2D eigenvalue weighted by Crippen LogP contribution is 2.07. The first kappa shape index (κ1) is 15.2. The second-order valence-electron chi connectivity index (χ2n) is 4.99. The zero-order chi connectivity index (χ0) is 14.3. The van der Waals surface area contributed by atoms with Gasteiger partial charge in [0.05, 0.1) is 17.7 Å². The summed E-state index contributed by atoms with van der Waals surface area (Å²) in [6.07, 6.45) is 0.802. The second-order valence-corrected chi connectivity index (χ2v) is 4.99. The molecule has 1 unspecified atom stereocenters. The number of hydrogen-bond acceptors (Lipinski definition) is 3. The molecule has 0 radical (unpaired) electrons. The van der Waals surface area contributed by atoms with Crippen LogP contribution in [0, 0.1) is 17.2 Å². The zero-order valence-electron chi connectivity index (χ0n) is 11.7. The molecular formula is C15H21N3O. The predicted octanol–water partition coefficient (Wildman–Crippen LogP) is 1.81. The van der Waals surface area contributed by atoms with Crippen LogP contribution in [-0.4, -0.2) is 19.0 Å². The molecule has 0 aromatic heterocycles. The van der Waals surface area contributed by atoms with Crippen LogP contribution in [0.4, 0.5) is 0 Å². The molecule has 0 saturated carbocycles. The minimum absolute atomic E-state index is 0.0161. The first-order valence-corrected chi connectivity index (χ1v) is 6.50. The summed E-state index contributed by atoms with van der Waals surface area (Å²) in [7, 11) is 1.65. The van der Waals surface area contributed by atoms with Gasteiger partial charge in [-0.15, -0.1) is 0 Å². The average molecular weight is 259 g/mol. The molecule has 102 valence electrons. The molecule has 0 aliphatic carbocycles. The first-order chi connectivity index (χ1) is 9.06. The number of nitrogens with zero attached hydrogens (tertiary/aromatic N) is 1. The van der Waals surface area contributed by atoms with Gasteiger partial charge in [-0.25, -0.2) is 0 Å². The van der Waals surface area contributed by atoms with E-state index in [9.17, 15) is 4.79 Å². The normalized spacial score (nSPS) is 11.9. The smallest absolute Gasteiger partial charge is 0.236 e. The Bertz CT molecular complexity index is 445. The van der Waals surface area contributed by atoms with Crippen LogP contribution in [0.1, 0.15) is 31.4 Å². The molecule has 19 heavy (non-hydrogen) atoms. The molecule has 0 spiro atoms. The average Bonchev–Trinajstić information content (AvgIpc) is 2.42. The van der Waals surface area contributed by atoms with Crippen LogP contribution in [0.15, 0.2) is 24.3 Å². The van der Waals surface area contributed by atoms with Crippen molar-refractivity contribution < 1.29 is 4.79 Å². The van der Waals surface area contributed by atoms with Crippen LogP contribution < -0.4 is 10.6 Å². The van der Waals surface area contributed by atoms with E-state index in [0.717, 1.165) is 12.0 Å². The number of carbonyl (C=O) groups is 1. The predicted molar refractivity (Wildman–Crippen MR) is 75.3 cm³/mol. The van der Waals surface area contributed by atoms with Gasteiger partial charge in [0.1, 0.15) is 0 Å². The van der Waals surface area contributed by atoms with Gasteiger partial charge in [-0.05, 0) is 30.0 Å². The van der Waals surface area contributed by atoms with E-state index >= 15 is 0 Å². The minimum Gasteiger partial charge on any atom is -0.358 e. The quantitative estimate of drug-likeness (QED) is 0.819. The van der Waals surface area contributed by atoms with E-state index in [-0.39, 0.29) is 11.9 Å². The third-order valence-electron chi connectivity index (χ3n) is 2.91. The maximum atomic E-state index is 11.8. The Morgan fingerprint density at radius 1 is 1.32 bits per heavy atom. The molecular weight excluding hydrogens is 238 g/mol. The molecule has 4 heteroatoms. The molecule has 1 aromatic rings. The summed E-state index contributed by atoms with van der Waals surface area (Å²) < 4.78 is 0. The largest absolute Gasteiger partial charge is 0.358 e. The lowest BCUT2D eigenvalue weighted by Gasteiger charge is -2.19. The standard InChI is InChI=1S/C15H21N3O/c1-11(2)8-14(15(19)17-3)18-10-13-6-4-12(9-16)5-7-13/h4-7,11,14,18H,8,10H2,1-3H3,(H,17,19). The molecule has 0 saturated heterocycles. The van der Waals surface area contributed by atoms with Crippen molar-refractivity contribution in [1.29, 1.82) is 5.26 Å². The van der Waals surface area contributed by atoms with Gasteiger partial charge < -0.3 is 10.6 Å². The van der Waals surface area contributed by atoms with Crippen molar-refractivity contribution in [3.63, 3.8) is 0 Å². The number of hydrogen-bond donors (Lipinski definition) is 2. The molecule has 2 N–H and O–H groups in total. The molecule has 1 aromatic carbocycles. The lowest BCUT2D eigenvalue weighted by atomic mass is 10.0. The van der Waals surface area contributed by atoms with Crippen molar-refractivity contribution in [3.05, 3.63) is 35.4 Å². The van der Waals surface area contributed by atoms with Crippen molar-refractivity contribution in [1.82, 2.24) is 10.6 Å². The Hall–Kier alpha value is -1.86. The van der Waals surface area contributed by atoms with Crippen molar-refractivity contribution in [2.24, 2.45) is 5.92 Å². The van der Waals surface area contributed by atoms with Gasteiger partial charge in [-0.1, -0.05) is 26.0 Å². The van der Waals surface area contributed by atoms with Gasteiger partial charge in [0, 0.05) is 13.6 Å². The summed E-state index contributed by atoms with van der Waals surface area (Å²) in [6, 6.07) is 9.29. The van der Waals surface area contributed by atoms with E-state index in [4.69, 9.17) is 5.26 Å². The van der Waals surface area contributed by atoms with Crippen LogP contribution in [0.3, 0.4) is 0 Å². The number of nitriles is 1. The van der Waals surface area contributed by atoms with Crippen LogP contribution in [0.2, 0.25) is 0 Å². The van der Waals surface area contributed by atoms with Crippen molar-refractivity contribution >= 4 is 5.91 Å². The fourth-order valence-electron chi connectivity index (χ4n) is 1.87. The third-order valence-corrected chi connectivity index (χ3v) is 2.91. The van der Waals surface area contributed by atoms with Crippen LogP contribution in [0.5, 0.6) is 0 Å². The van der Waals surface area contributed by atoms with Gasteiger partial charge >= 0.3 is 0 Å². The maximum absolute atomic E-state index is 11.8. The second kappa shape index (κ2) is 7.55. The Morgan fingerprint density at radius 3 is 2.42 bits per heavy atom. The monoisotopic (exact) mass is 259 g/mol. The Kier molecular flexibility index (Phi) is 6.04. The molecule has 1 atom stereocenters. The summed E-state index contributed by atoms with van der Waals surface area (Å²) >= 11 is 0. The van der Waals surface area contributed by atoms with E-state index in [0.29, 0.717) is 18.0 Å². The molecule has 0 aliphatic rings. The van der Waals surface area contributed by atoms with E-state index < -0.39 is 0 Å². The molecule has 0 bridgehead atoms. The summed E-state index contributed by atoms with van der Waals surface area (Å²) in [6.45, 7) is 4.81. The van der Waals surface area contributed by atoms with Gasteiger partial charge in [0.15, 0.2) is 0 Å². The minimum atomic E-state index is -0.180. The summed E-state index contributed by atoms with van der Waals surface area (Å²) in [5, 5.41) is 14.7. The fraction of sp³-hybridized carbons (Fsp3) is 0.467. The van der Waals surface area contributed by atoms with E-state index in [1.165, 1.54) is 0 Å². The summed E-state index contributed by atoms with van der Waals surface area (Å²) in [4.78, 5) is 11.8. The molecule has 1 rings (SSSR count). The Morgan fingerprint density at radius 2 is 1.95 bits per heavy atom. The third kappa shape index (κ3) is 5.11. The lowest BCUT2D eigenvalue weighted by Crippen LogP contribution is -2.43. The molecule has 4 nitrogen and oxygen atoms in total. The SMILES string of the molecule is CNC(=O)C(CC(C)C)NCc1ccc(C#N)cc1. The highest BCUT2D eigenvalue weighted by molar-refractivity contribution is 5.81. The van der Waals surface area contributed by atoms with Crippen molar-refractivity contribution in [3.8, 4) is 6.07 Å². The van der Waals surface area contributed by atoms with Gasteiger partial charge in [0.2, 0.25) is 5.91 Å². The van der Waals surface area contributed by atoms with Crippen LogP contribution in [0.25, 0.3) is 0 Å². The number of rotatable bonds is 6. The maximum Gasteiger partial charge on any atom is 0.236 e. The van der Waals surface area contributed by atoms with Gasteiger partial charge in [-0.3, -0.25) is 4.79 Å². The van der Waals surface area contributed by atoms with Gasteiger partial charge in [0.25, 0.3) is 0 Å². The van der Waals surface area contributed by atoms with E-state index in [1.54, 1.807) is 19.2 Å². The van der Waals surface area contributed by atoms with E-state index in [1.807, 2.05) is 12.1 Å². The lowest BCUT2D eigenvalue weighted by molar-refractivity contribution is -0.123.